The van der Waals surface area contributed by atoms with Gasteiger partial charge in [-0.1, -0.05) is 12.1 Å². The van der Waals surface area contributed by atoms with Gasteiger partial charge in [0.05, 0.1) is 18.2 Å². The molecule has 19 heavy (non-hydrogen) atoms. The molecule has 0 aliphatic carbocycles. The topological polar surface area (TPSA) is 63.6 Å². The number of aryl methyl sites for hydroxylation is 1. The molecule has 0 radical (unpaired) electrons. The Morgan fingerprint density at radius 1 is 1.37 bits per heavy atom. The maximum Gasteiger partial charge on any atom is 0.346 e. The summed E-state index contributed by atoms with van der Waals surface area (Å²) in [5.41, 5.74) is 1.49. The molecule has 2 aromatic rings. The molecule has 0 saturated carbocycles. The van der Waals surface area contributed by atoms with Crippen molar-refractivity contribution in [1.29, 1.82) is 5.26 Å². The number of nitrogens with zero attached hydrogens (tertiary/aromatic N) is 4. The highest BCUT2D eigenvalue weighted by molar-refractivity contribution is 5.32. The van der Waals surface area contributed by atoms with Crippen molar-refractivity contribution in [1.82, 2.24) is 14.3 Å². The van der Waals surface area contributed by atoms with Crippen LogP contribution in [0.1, 0.15) is 29.8 Å². The fraction of sp³-hybridized carbons (Fsp3) is 0.357. The van der Waals surface area contributed by atoms with Crippen molar-refractivity contribution < 1.29 is 0 Å². The molecule has 0 bridgehead atoms. The van der Waals surface area contributed by atoms with Crippen LogP contribution < -0.4 is 5.69 Å². The van der Waals surface area contributed by atoms with Gasteiger partial charge >= 0.3 is 5.69 Å². The Bertz CT molecular complexity index is 705. The smallest absolute Gasteiger partial charge is 0.279 e. The Hall–Kier alpha value is -2.35. The second kappa shape index (κ2) is 4.73. The van der Waals surface area contributed by atoms with Crippen molar-refractivity contribution in [3.63, 3.8) is 0 Å². The Morgan fingerprint density at radius 2 is 2.26 bits per heavy atom. The molecule has 0 amide bonds. The molecule has 0 spiro atoms. The van der Waals surface area contributed by atoms with Crippen LogP contribution in [0.15, 0.2) is 29.1 Å². The van der Waals surface area contributed by atoms with Crippen molar-refractivity contribution in [3.8, 4) is 6.07 Å². The molecule has 96 valence electrons. The largest absolute Gasteiger partial charge is 0.346 e. The number of hydrogen-bond donors (Lipinski definition) is 0. The van der Waals surface area contributed by atoms with Gasteiger partial charge in [-0.25, -0.2) is 9.48 Å². The van der Waals surface area contributed by atoms with Gasteiger partial charge in [-0.15, -0.1) is 0 Å². The van der Waals surface area contributed by atoms with E-state index in [0.717, 1.165) is 37.2 Å². The van der Waals surface area contributed by atoms with Crippen LogP contribution in [0, 0.1) is 11.3 Å². The molecule has 1 aromatic heterocycles. The van der Waals surface area contributed by atoms with Gasteiger partial charge in [-0.3, -0.25) is 4.57 Å². The van der Waals surface area contributed by atoms with Crippen molar-refractivity contribution in [2.75, 3.05) is 0 Å². The minimum Gasteiger partial charge on any atom is -0.279 e. The number of hydrogen-bond acceptors (Lipinski definition) is 3. The van der Waals surface area contributed by atoms with E-state index in [1.165, 1.54) is 4.68 Å². The first-order valence-corrected chi connectivity index (χ1v) is 6.43. The summed E-state index contributed by atoms with van der Waals surface area (Å²) in [6.07, 6.45) is 3.02. The van der Waals surface area contributed by atoms with Crippen molar-refractivity contribution >= 4 is 0 Å². The van der Waals surface area contributed by atoms with Crippen molar-refractivity contribution in [2.45, 2.75) is 32.4 Å². The van der Waals surface area contributed by atoms with Gasteiger partial charge in [0.1, 0.15) is 5.82 Å². The number of fused-ring (bicyclic) bond motifs is 1. The first-order valence-electron chi connectivity index (χ1n) is 6.43. The molecule has 2 heterocycles. The maximum atomic E-state index is 12.2. The highest BCUT2D eigenvalue weighted by Crippen LogP contribution is 2.10. The van der Waals surface area contributed by atoms with Crippen molar-refractivity contribution in [3.05, 3.63) is 51.7 Å². The molecule has 1 aliphatic rings. The van der Waals surface area contributed by atoms with E-state index < -0.39 is 0 Å². The lowest BCUT2D eigenvalue weighted by molar-refractivity contribution is 0.511. The van der Waals surface area contributed by atoms with Gasteiger partial charge in [0, 0.05) is 13.0 Å². The summed E-state index contributed by atoms with van der Waals surface area (Å²) >= 11 is 0. The predicted molar refractivity (Wildman–Crippen MR) is 69.7 cm³/mol. The van der Waals surface area contributed by atoms with Crippen molar-refractivity contribution in [2.24, 2.45) is 0 Å². The van der Waals surface area contributed by atoms with E-state index in [1.807, 2.05) is 12.1 Å². The third-order valence-electron chi connectivity index (χ3n) is 3.42. The molecule has 0 N–H and O–H groups in total. The maximum absolute atomic E-state index is 12.2. The standard InChI is InChI=1S/C14H14N4O/c15-9-11-4-3-5-12(8-11)10-18-14(19)17-7-2-1-6-13(17)16-18/h3-5,8H,1-2,6-7,10H2. The molecule has 3 rings (SSSR count). The second-order valence-electron chi connectivity index (χ2n) is 4.78. The first kappa shape index (κ1) is 11.7. The monoisotopic (exact) mass is 254 g/mol. The molecule has 0 atom stereocenters. The minimum atomic E-state index is -0.0444. The fourth-order valence-electron chi connectivity index (χ4n) is 2.46. The number of nitriles is 1. The van der Waals surface area contributed by atoms with E-state index >= 15 is 0 Å². The van der Waals surface area contributed by atoms with Crippen LogP contribution in [0.3, 0.4) is 0 Å². The van der Waals surface area contributed by atoms with Gasteiger partial charge < -0.3 is 0 Å². The Morgan fingerprint density at radius 3 is 3.05 bits per heavy atom. The van der Waals surface area contributed by atoms with Gasteiger partial charge in [0.15, 0.2) is 0 Å². The van der Waals surface area contributed by atoms with Crippen LogP contribution in [0.25, 0.3) is 0 Å². The Labute approximate surface area is 110 Å². The van der Waals surface area contributed by atoms with Gasteiger partial charge in [-0.05, 0) is 30.5 Å². The molecule has 0 saturated heterocycles. The summed E-state index contributed by atoms with van der Waals surface area (Å²) in [5, 5.41) is 13.3. The van der Waals surface area contributed by atoms with Crippen LogP contribution in [0.2, 0.25) is 0 Å². The average molecular weight is 254 g/mol. The van der Waals surface area contributed by atoms with E-state index in [9.17, 15) is 4.79 Å². The molecule has 1 aliphatic heterocycles. The summed E-state index contributed by atoms with van der Waals surface area (Å²) in [6.45, 7) is 1.20. The van der Waals surface area contributed by atoms with Crippen LogP contribution in [-0.2, 0) is 19.5 Å². The van der Waals surface area contributed by atoms with Crippen LogP contribution in [-0.4, -0.2) is 14.3 Å². The summed E-state index contributed by atoms with van der Waals surface area (Å²) in [6, 6.07) is 9.39. The Balaban J connectivity index is 1.93. The number of rotatable bonds is 2. The van der Waals surface area contributed by atoms with Crippen LogP contribution >= 0.6 is 0 Å². The van der Waals surface area contributed by atoms with E-state index in [0.29, 0.717) is 12.1 Å². The predicted octanol–water partition coefficient (Wildman–Crippen LogP) is 1.30. The second-order valence-corrected chi connectivity index (χ2v) is 4.78. The summed E-state index contributed by atoms with van der Waals surface area (Å²) in [7, 11) is 0. The zero-order chi connectivity index (χ0) is 13.2. The zero-order valence-corrected chi connectivity index (χ0v) is 10.5. The van der Waals surface area contributed by atoms with Gasteiger partial charge in [0.25, 0.3) is 0 Å². The molecule has 0 unspecified atom stereocenters. The quantitative estimate of drug-likeness (QED) is 0.811. The molecular formula is C14H14N4O. The lowest BCUT2D eigenvalue weighted by atomic mass is 10.1. The summed E-state index contributed by atoms with van der Waals surface area (Å²) in [5.74, 6) is 0.882. The van der Waals surface area contributed by atoms with Gasteiger partial charge in [0.2, 0.25) is 0 Å². The molecule has 5 heteroatoms. The van der Waals surface area contributed by atoms with E-state index in [1.54, 1.807) is 16.7 Å². The average Bonchev–Trinajstić information content (AvgIpc) is 2.76. The highest BCUT2D eigenvalue weighted by Gasteiger charge is 2.16. The normalized spacial score (nSPS) is 13.8. The van der Waals surface area contributed by atoms with Crippen LogP contribution in [0.5, 0.6) is 0 Å². The lowest BCUT2D eigenvalue weighted by Gasteiger charge is -2.09. The molecule has 1 aromatic carbocycles. The molecular weight excluding hydrogens is 240 g/mol. The van der Waals surface area contributed by atoms with E-state index in [4.69, 9.17) is 5.26 Å². The summed E-state index contributed by atoms with van der Waals surface area (Å²) in [4.78, 5) is 12.2. The minimum absolute atomic E-state index is 0.0444. The third-order valence-corrected chi connectivity index (χ3v) is 3.42. The van der Waals surface area contributed by atoms with Crippen LogP contribution in [0.4, 0.5) is 0 Å². The molecule has 0 fully saturated rings. The zero-order valence-electron chi connectivity index (χ0n) is 10.5. The summed E-state index contributed by atoms with van der Waals surface area (Å²) < 4.78 is 3.26. The number of benzene rings is 1. The third kappa shape index (κ3) is 2.17. The Kier molecular flexibility index (Phi) is 2.92. The SMILES string of the molecule is N#Cc1cccc(Cn2nc3n(c2=O)CCCC3)c1. The van der Waals surface area contributed by atoms with E-state index in [2.05, 4.69) is 11.2 Å². The number of aromatic nitrogens is 3. The van der Waals surface area contributed by atoms with Gasteiger partial charge in [-0.2, -0.15) is 10.4 Å². The lowest BCUT2D eigenvalue weighted by Crippen LogP contribution is -2.27. The van der Waals surface area contributed by atoms with E-state index in [-0.39, 0.29) is 5.69 Å². The molecule has 5 nitrogen and oxygen atoms in total. The fourth-order valence-corrected chi connectivity index (χ4v) is 2.46. The highest BCUT2D eigenvalue weighted by atomic mass is 16.2. The first-order chi connectivity index (χ1) is 9.28.